The predicted molar refractivity (Wildman–Crippen MR) is 140 cm³/mol. The lowest BCUT2D eigenvalue weighted by molar-refractivity contribution is -0.117. The number of carbonyl (C=O) groups excluding carboxylic acids is 2. The monoisotopic (exact) mass is 478 g/mol. The van der Waals surface area contributed by atoms with Gasteiger partial charge >= 0.3 is 0 Å². The molecule has 0 bridgehead atoms. The second kappa shape index (κ2) is 8.85. The number of hydrogen-bond donors (Lipinski definition) is 3. The van der Waals surface area contributed by atoms with Crippen LogP contribution in [0.2, 0.25) is 0 Å². The van der Waals surface area contributed by atoms with Gasteiger partial charge in [0.1, 0.15) is 5.82 Å². The Hall–Kier alpha value is -4.23. The maximum absolute atomic E-state index is 12.7. The third-order valence-corrected chi connectivity index (χ3v) is 7.13. The number of amides is 2. The average molecular weight is 479 g/mol. The van der Waals surface area contributed by atoms with E-state index in [0.717, 1.165) is 40.2 Å². The predicted octanol–water partition coefficient (Wildman–Crippen LogP) is 6.29. The number of thiophene rings is 1. The Labute approximate surface area is 206 Å². The van der Waals surface area contributed by atoms with Crippen LogP contribution in [0.5, 0.6) is 0 Å². The Bertz CT molecular complexity index is 1510. The molecule has 35 heavy (non-hydrogen) atoms. The largest absolute Gasteiger partial charge is 0.338 e. The summed E-state index contributed by atoms with van der Waals surface area (Å²) in [5.74, 6) is 0.984. The van der Waals surface area contributed by atoms with Gasteiger partial charge in [0.05, 0.1) is 15.9 Å². The molecule has 3 N–H and O–H groups in total. The second-order valence-corrected chi connectivity index (χ2v) is 9.62. The van der Waals surface area contributed by atoms with Gasteiger partial charge in [-0.25, -0.2) is 4.98 Å². The number of hydrogen-bond acceptors (Lipinski definition) is 4. The summed E-state index contributed by atoms with van der Waals surface area (Å²) in [6.45, 7) is 0. The SMILES string of the molecule is O=C(Nc1ccc(-c2nc3ccc(NC(=O)C4CC4c4ccccc4)cc3[nH]2)cc1)c1cccs1. The average Bonchev–Trinajstić information content (AvgIpc) is 3.28. The summed E-state index contributed by atoms with van der Waals surface area (Å²) in [6.07, 6.45) is 0.885. The maximum atomic E-state index is 12.7. The molecule has 0 saturated heterocycles. The van der Waals surface area contributed by atoms with Crippen molar-refractivity contribution in [1.82, 2.24) is 9.97 Å². The Morgan fingerprint density at radius 3 is 2.46 bits per heavy atom. The number of anilines is 2. The molecule has 6 rings (SSSR count). The van der Waals surface area contributed by atoms with Crippen molar-refractivity contribution in [3.8, 4) is 11.4 Å². The van der Waals surface area contributed by atoms with Crippen LogP contribution in [0.4, 0.5) is 11.4 Å². The molecule has 0 spiro atoms. The third kappa shape index (κ3) is 4.46. The molecule has 1 fully saturated rings. The molecule has 1 saturated carbocycles. The van der Waals surface area contributed by atoms with Gasteiger partial charge in [0, 0.05) is 22.9 Å². The topological polar surface area (TPSA) is 86.9 Å². The Kier molecular flexibility index (Phi) is 5.39. The molecule has 2 amide bonds. The van der Waals surface area contributed by atoms with E-state index in [9.17, 15) is 9.59 Å². The first-order valence-corrected chi connectivity index (χ1v) is 12.3. The van der Waals surface area contributed by atoms with Crippen molar-refractivity contribution in [3.05, 3.63) is 101 Å². The number of nitrogens with zero attached hydrogens (tertiary/aromatic N) is 1. The highest BCUT2D eigenvalue weighted by Gasteiger charge is 2.43. The number of fused-ring (bicyclic) bond motifs is 1. The number of rotatable bonds is 6. The number of benzene rings is 3. The highest BCUT2D eigenvalue weighted by atomic mass is 32.1. The summed E-state index contributed by atoms with van der Waals surface area (Å²) in [4.78, 5) is 33.7. The van der Waals surface area contributed by atoms with E-state index in [1.165, 1.54) is 16.9 Å². The van der Waals surface area contributed by atoms with Crippen molar-refractivity contribution < 1.29 is 9.59 Å². The minimum absolute atomic E-state index is 0.0178. The van der Waals surface area contributed by atoms with Crippen LogP contribution in [0, 0.1) is 5.92 Å². The van der Waals surface area contributed by atoms with E-state index in [-0.39, 0.29) is 17.7 Å². The molecule has 2 heterocycles. The Morgan fingerprint density at radius 2 is 1.69 bits per heavy atom. The number of aromatic amines is 1. The molecule has 0 radical (unpaired) electrons. The van der Waals surface area contributed by atoms with E-state index >= 15 is 0 Å². The van der Waals surface area contributed by atoms with Crippen LogP contribution in [0.3, 0.4) is 0 Å². The minimum Gasteiger partial charge on any atom is -0.338 e. The lowest BCUT2D eigenvalue weighted by Crippen LogP contribution is -2.14. The molecule has 7 heteroatoms. The molecular weight excluding hydrogens is 456 g/mol. The van der Waals surface area contributed by atoms with Crippen LogP contribution in [0.15, 0.2) is 90.3 Å². The minimum atomic E-state index is -0.118. The number of H-pyrrole nitrogens is 1. The van der Waals surface area contributed by atoms with Crippen LogP contribution in [0.25, 0.3) is 22.4 Å². The molecule has 0 aliphatic heterocycles. The van der Waals surface area contributed by atoms with Gasteiger partial charge in [-0.15, -0.1) is 11.3 Å². The molecule has 2 atom stereocenters. The lowest BCUT2D eigenvalue weighted by Gasteiger charge is -2.05. The highest BCUT2D eigenvalue weighted by Crippen LogP contribution is 2.47. The van der Waals surface area contributed by atoms with Crippen molar-refractivity contribution in [2.75, 3.05) is 10.6 Å². The normalized spacial score (nSPS) is 16.7. The smallest absolute Gasteiger partial charge is 0.265 e. The standard InChI is InChI=1S/C28H22N4O2S/c33-27(22-16-21(22)17-5-2-1-3-6-17)30-20-12-13-23-24(15-20)32-26(31-23)18-8-10-19(11-9-18)29-28(34)25-7-4-14-35-25/h1-15,21-22H,16H2,(H,29,34)(H,30,33)(H,31,32). The number of nitrogens with one attached hydrogen (secondary N) is 3. The zero-order chi connectivity index (χ0) is 23.8. The summed E-state index contributed by atoms with van der Waals surface area (Å²) in [5, 5.41) is 7.84. The second-order valence-electron chi connectivity index (χ2n) is 8.67. The van der Waals surface area contributed by atoms with Crippen LogP contribution >= 0.6 is 11.3 Å². The maximum Gasteiger partial charge on any atom is 0.265 e. The fourth-order valence-corrected chi connectivity index (χ4v) is 4.94. The summed E-state index contributed by atoms with van der Waals surface area (Å²) in [7, 11) is 0. The van der Waals surface area contributed by atoms with Gasteiger partial charge < -0.3 is 15.6 Å². The summed E-state index contributed by atoms with van der Waals surface area (Å²) < 4.78 is 0. The molecule has 6 nitrogen and oxygen atoms in total. The van der Waals surface area contributed by atoms with Gasteiger partial charge in [-0.2, -0.15) is 0 Å². The molecular formula is C28H22N4O2S. The van der Waals surface area contributed by atoms with Crippen molar-refractivity contribution in [2.45, 2.75) is 12.3 Å². The first-order valence-electron chi connectivity index (χ1n) is 11.4. The molecule has 2 unspecified atom stereocenters. The van der Waals surface area contributed by atoms with Crippen molar-refractivity contribution in [3.63, 3.8) is 0 Å². The van der Waals surface area contributed by atoms with E-state index < -0.39 is 0 Å². The zero-order valence-corrected chi connectivity index (χ0v) is 19.5. The first-order chi connectivity index (χ1) is 17.1. The van der Waals surface area contributed by atoms with Crippen LogP contribution in [-0.4, -0.2) is 21.8 Å². The highest BCUT2D eigenvalue weighted by molar-refractivity contribution is 7.12. The molecule has 1 aliphatic rings. The van der Waals surface area contributed by atoms with Gasteiger partial charge in [0.15, 0.2) is 0 Å². The first kappa shape index (κ1) is 21.3. The fraction of sp³-hybridized carbons (Fsp3) is 0.107. The quantitative estimate of drug-likeness (QED) is 0.268. The van der Waals surface area contributed by atoms with E-state index in [2.05, 4.69) is 32.7 Å². The molecule has 172 valence electrons. The lowest BCUT2D eigenvalue weighted by atomic mass is 10.1. The van der Waals surface area contributed by atoms with Gasteiger partial charge in [0.2, 0.25) is 5.91 Å². The zero-order valence-electron chi connectivity index (χ0n) is 18.7. The van der Waals surface area contributed by atoms with E-state index in [4.69, 9.17) is 0 Å². The van der Waals surface area contributed by atoms with Crippen LogP contribution < -0.4 is 10.6 Å². The van der Waals surface area contributed by atoms with Crippen molar-refractivity contribution >= 4 is 45.6 Å². The Balaban J connectivity index is 1.13. The third-order valence-electron chi connectivity index (χ3n) is 6.27. The Morgan fingerprint density at radius 1 is 0.886 bits per heavy atom. The number of carbonyl (C=O) groups is 2. The van der Waals surface area contributed by atoms with Crippen molar-refractivity contribution in [1.29, 1.82) is 0 Å². The molecule has 5 aromatic rings. The van der Waals surface area contributed by atoms with Crippen LogP contribution in [-0.2, 0) is 4.79 Å². The summed E-state index contributed by atoms with van der Waals surface area (Å²) in [6, 6.07) is 27.1. The summed E-state index contributed by atoms with van der Waals surface area (Å²) in [5.41, 5.74) is 5.28. The summed E-state index contributed by atoms with van der Waals surface area (Å²) >= 11 is 1.41. The van der Waals surface area contributed by atoms with E-state index in [0.29, 0.717) is 10.8 Å². The molecule has 1 aliphatic carbocycles. The van der Waals surface area contributed by atoms with E-state index in [1.54, 1.807) is 6.07 Å². The molecule has 2 aromatic heterocycles. The van der Waals surface area contributed by atoms with Gasteiger partial charge in [-0.1, -0.05) is 36.4 Å². The van der Waals surface area contributed by atoms with E-state index in [1.807, 2.05) is 72.1 Å². The number of imidazole rings is 1. The van der Waals surface area contributed by atoms with Crippen molar-refractivity contribution in [2.24, 2.45) is 5.92 Å². The fourth-order valence-electron chi connectivity index (χ4n) is 4.32. The van der Waals surface area contributed by atoms with Gasteiger partial charge in [-0.05, 0) is 71.8 Å². The van der Waals surface area contributed by atoms with Crippen LogP contribution in [0.1, 0.15) is 27.6 Å². The number of aromatic nitrogens is 2. The molecule has 3 aromatic carbocycles. The van der Waals surface area contributed by atoms with Gasteiger partial charge in [0.25, 0.3) is 5.91 Å². The van der Waals surface area contributed by atoms with Gasteiger partial charge in [-0.3, -0.25) is 9.59 Å².